The topological polar surface area (TPSA) is 58.1 Å². The van der Waals surface area contributed by atoms with Crippen LogP contribution in [0.4, 0.5) is 16.2 Å². The third kappa shape index (κ3) is 2.78. The lowest BCUT2D eigenvalue weighted by atomic mass is 10.1. The molecule has 1 aromatic heterocycles. The summed E-state index contributed by atoms with van der Waals surface area (Å²) in [5.74, 6) is 0. The number of rotatable bonds is 2. The Morgan fingerprint density at radius 3 is 2.73 bits per heavy atom. The van der Waals surface area contributed by atoms with Gasteiger partial charge in [-0.05, 0) is 66.8 Å². The first kappa shape index (κ1) is 14.5. The van der Waals surface area contributed by atoms with E-state index in [0.717, 1.165) is 21.5 Å². The van der Waals surface area contributed by atoms with Gasteiger partial charge < -0.3 is 5.32 Å². The summed E-state index contributed by atoms with van der Waals surface area (Å²) >= 11 is 1.34. The maximum Gasteiger partial charge on any atom is 0.326 e. The highest BCUT2D eigenvalue weighted by Crippen LogP contribution is 2.21. The lowest BCUT2D eigenvalue weighted by molar-refractivity contribution is 0.258. The molecule has 0 aliphatic heterocycles. The van der Waals surface area contributed by atoms with Crippen molar-refractivity contribution in [3.05, 3.63) is 47.5 Å². The second-order valence-corrected chi connectivity index (χ2v) is 6.00. The molecular formula is C16H16N4OS. The Balaban J connectivity index is 1.79. The number of urea groups is 1. The molecule has 0 fully saturated rings. The summed E-state index contributed by atoms with van der Waals surface area (Å²) in [5, 5.41) is 6.89. The summed E-state index contributed by atoms with van der Waals surface area (Å²) in [5.41, 5.74) is 4.72. The van der Waals surface area contributed by atoms with Crippen molar-refractivity contribution in [3.63, 3.8) is 0 Å². The maximum absolute atomic E-state index is 12.4. The van der Waals surface area contributed by atoms with Crippen molar-refractivity contribution < 1.29 is 4.79 Å². The second kappa shape index (κ2) is 5.73. The van der Waals surface area contributed by atoms with Crippen molar-refractivity contribution in [1.82, 2.24) is 9.59 Å². The van der Waals surface area contributed by atoms with Crippen LogP contribution in [0.25, 0.3) is 10.2 Å². The van der Waals surface area contributed by atoms with Gasteiger partial charge in [-0.1, -0.05) is 10.6 Å². The fourth-order valence-corrected chi connectivity index (χ4v) is 2.66. The van der Waals surface area contributed by atoms with E-state index in [9.17, 15) is 4.79 Å². The fourth-order valence-electron chi connectivity index (χ4n) is 2.12. The largest absolute Gasteiger partial charge is 0.326 e. The molecule has 5 nitrogen and oxygen atoms in total. The predicted molar refractivity (Wildman–Crippen MR) is 90.8 cm³/mol. The molecule has 3 aromatic rings. The van der Waals surface area contributed by atoms with Crippen LogP contribution < -0.4 is 10.2 Å². The average Bonchev–Trinajstić information content (AvgIpc) is 2.97. The predicted octanol–water partition coefficient (Wildman–Crippen LogP) is 3.98. The minimum Gasteiger partial charge on any atom is -0.307 e. The maximum atomic E-state index is 12.4. The Hall–Kier alpha value is -2.47. The highest BCUT2D eigenvalue weighted by atomic mass is 32.1. The van der Waals surface area contributed by atoms with Crippen LogP contribution >= 0.6 is 11.5 Å². The molecular weight excluding hydrogens is 296 g/mol. The number of amides is 2. The average molecular weight is 312 g/mol. The number of nitrogens with zero attached hydrogens (tertiary/aromatic N) is 3. The number of hydrogen-bond donors (Lipinski definition) is 1. The van der Waals surface area contributed by atoms with E-state index in [1.807, 2.05) is 43.3 Å². The zero-order valence-corrected chi connectivity index (χ0v) is 13.4. The van der Waals surface area contributed by atoms with Gasteiger partial charge in [0.25, 0.3) is 0 Å². The Bertz CT molecular complexity index is 843. The van der Waals surface area contributed by atoms with Crippen molar-refractivity contribution in [2.75, 3.05) is 17.3 Å². The van der Waals surface area contributed by atoms with Crippen molar-refractivity contribution in [2.24, 2.45) is 0 Å². The van der Waals surface area contributed by atoms with Gasteiger partial charge in [-0.25, -0.2) is 4.79 Å². The zero-order chi connectivity index (χ0) is 15.7. The minimum atomic E-state index is -0.189. The summed E-state index contributed by atoms with van der Waals surface area (Å²) in [6, 6.07) is 11.4. The molecule has 3 rings (SSSR count). The number of aromatic nitrogens is 2. The van der Waals surface area contributed by atoms with E-state index in [-0.39, 0.29) is 6.03 Å². The molecule has 0 aliphatic rings. The van der Waals surface area contributed by atoms with Gasteiger partial charge in [-0.3, -0.25) is 4.90 Å². The molecule has 6 heteroatoms. The SMILES string of the molecule is Cc1ccc(N(C)C(=O)Nc2ccc3snnc3c2)cc1C. The van der Waals surface area contributed by atoms with Gasteiger partial charge in [0.05, 0.1) is 4.70 Å². The highest BCUT2D eigenvalue weighted by Gasteiger charge is 2.12. The van der Waals surface area contributed by atoms with Crippen LogP contribution in [0, 0.1) is 13.8 Å². The normalized spacial score (nSPS) is 10.7. The smallest absolute Gasteiger partial charge is 0.307 e. The van der Waals surface area contributed by atoms with E-state index < -0.39 is 0 Å². The molecule has 1 heterocycles. The van der Waals surface area contributed by atoms with Crippen LogP contribution in [0.15, 0.2) is 36.4 Å². The molecule has 0 unspecified atom stereocenters. The van der Waals surface area contributed by atoms with Gasteiger partial charge in [0.2, 0.25) is 0 Å². The third-order valence-corrected chi connectivity index (χ3v) is 4.39. The fraction of sp³-hybridized carbons (Fsp3) is 0.188. The number of benzene rings is 2. The standard InChI is InChI=1S/C16H16N4OS/c1-10-4-6-13(8-11(10)2)20(3)16(21)17-12-5-7-15-14(9-12)18-19-22-15/h4-9H,1-3H3,(H,17,21). The van der Waals surface area contributed by atoms with E-state index in [1.54, 1.807) is 11.9 Å². The highest BCUT2D eigenvalue weighted by molar-refractivity contribution is 7.12. The molecule has 0 bridgehead atoms. The summed E-state index contributed by atoms with van der Waals surface area (Å²) in [6.07, 6.45) is 0. The van der Waals surface area contributed by atoms with Crippen molar-refractivity contribution in [2.45, 2.75) is 13.8 Å². The van der Waals surface area contributed by atoms with Crippen LogP contribution in [-0.4, -0.2) is 22.7 Å². The molecule has 112 valence electrons. The first-order valence-corrected chi connectivity index (χ1v) is 7.66. The number of fused-ring (bicyclic) bond motifs is 1. The van der Waals surface area contributed by atoms with Crippen LogP contribution in [-0.2, 0) is 0 Å². The molecule has 2 aromatic carbocycles. The quantitative estimate of drug-likeness (QED) is 0.778. The van der Waals surface area contributed by atoms with Crippen LogP contribution in [0.5, 0.6) is 0 Å². The zero-order valence-electron chi connectivity index (χ0n) is 12.6. The van der Waals surface area contributed by atoms with Crippen LogP contribution in [0.1, 0.15) is 11.1 Å². The number of anilines is 2. The molecule has 22 heavy (non-hydrogen) atoms. The molecule has 0 spiro atoms. The first-order valence-electron chi connectivity index (χ1n) is 6.88. The van der Waals surface area contributed by atoms with Gasteiger partial charge in [0.1, 0.15) is 5.52 Å². The lowest BCUT2D eigenvalue weighted by Crippen LogP contribution is -2.31. The summed E-state index contributed by atoms with van der Waals surface area (Å²) in [4.78, 5) is 14.0. The number of nitrogens with one attached hydrogen (secondary N) is 1. The molecule has 2 amide bonds. The number of hydrogen-bond acceptors (Lipinski definition) is 4. The van der Waals surface area contributed by atoms with Gasteiger partial charge >= 0.3 is 6.03 Å². The summed E-state index contributed by atoms with van der Waals surface area (Å²) in [7, 11) is 1.75. The minimum absolute atomic E-state index is 0.189. The van der Waals surface area contributed by atoms with E-state index >= 15 is 0 Å². The van der Waals surface area contributed by atoms with Crippen molar-refractivity contribution in [1.29, 1.82) is 0 Å². The Morgan fingerprint density at radius 2 is 1.95 bits per heavy atom. The van der Waals surface area contributed by atoms with E-state index in [0.29, 0.717) is 5.69 Å². The van der Waals surface area contributed by atoms with Gasteiger partial charge in [-0.2, -0.15) is 0 Å². The van der Waals surface area contributed by atoms with Crippen molar-refractivity contribution in [3.8, 4) is 0 Å². The number of carbonyl (C=O) groups is 1. The Kier molecular flexibility index (Phi) is 3.77. The number of carbonyl (C=O) groups excluding carboxylic acids is 1. The molecule has 0 saturated carbocycles. The first-order chi connectivity index (χ1) is 10.5. The molecule has 0 atom stereocenters. The van der Waals surface area contributed by atoms with Crippen molar-refractivity contribution >= 4 is 39.2 Å². The van der Waals surface area contributed by atoms with Crippen LogP contribution in [0.3, 0.4) is 0 Å². The molecule has 0 aliphatic carbocycles. The monoisotopic (exact) mass is 312 g/mol. The molecule has 0 saturated heterocycles. The van der Waals surface area contributed by atoms with E-state index in [4.69, 9.17) is 0 Å². The lowest BCUT2D eigenvalue weighted by Gasteiger charge is -2.19. The van der Waals surface area contributed by atoms with Gasteiger partial charge in [0, 0.05) is 18.4 Å². The second-order valence-electron chi connectivity index (χ2n) is 5.21. The third-order valence-electron chi connectivity index (χ3n) is 3.68. The number of aryl methyl sites for hydroxylation is 2. The van der Waals surface area contributed by atoms with Gasteiger partial charge in [0.15, 0.2) is 0 Å². The summed E-state index contributed by atoms with van der Waals surface area (Å²) < 4.78 is 4.89. The Morgan fingerprint density at radius 1 is 1.14 bits per heavy atom. The van der Waals surface area contributed by atoms with Crippen LogP contribution in [0.2, 0.25) is 0 Å². The summed E-state index contributed by atoms with van der Waals surface area (Å²) in [6.45, 7) is 4.09. The molecule has 0 radical (unpaired) electrons. The van der Waals surface area contributed by atoms with E-state index in [2.05, 4.69) is 21.8 Å². The van der Waals surface area contributed by atoms with E-state index in [1.165, 1.54) is 17.1 Å². The molecule has 1 N–H and O–H groups in total. The Labute approximate surface area is 132 Å². The van der Waals surface area contributed by atoms with Gasteiger partial charge in [-0.15, -0.1) is 5.10 Å².